The molecule has 0 aliphatic carbocycles. The van der Waals surface area contributed by atoms with E-state index in [2.05, 4.69) is 5.32 Å². The summed E-state index contributed by atoms with van der Waals surface area (Å²) in [5.74, 6) is -0.933. The molecule has 0 saturated carbocycles. The second kappa shape index (κ2) is 4.38. The van der Waals surface area contributed by atoms with Gasteiger partial charge in [-0.15, -0.1) is 0 Å². The Bertz CT molecular complexity index is 363. The molecule has 5 heteroatoms. The summed E-state index contributed by atoms with van der Waals surface area (Å²) in [7, 11) is 0. The zero-order valence-electron chi connectivity index (χ0n) is 7.57. The monoisotopic (exact) mass is 194 g/mol. The van der Waals surface area contributed by atoms with E-state index in [1.807, 2.05) is 0 Å². The number of carbonyl (C=O) groups is 2. The molecule has 0 aliphatic rings. The number of hydroxylamine groups is 1. The third-order valence-corrected chi connectivity index (χ3v) is 1.58. The second-order valence-electron chi connectivity index (χ2n) is 2.67. The summed E-state index contributed by atoms with van der Waals surface area (Å²) >= 11 is 0. The van der Waals surface area contributed by atoms with Gasteiger partial charge in [0.25, 0.3) is 5.91 Å². The van der Waals surface area contributed by atoms with Gasteiger partial charge in [-0.1, -0.05) is 12.1 Å². The van der Waals surface area contributed by atoms with Crippen LogP contribution in [0.25, 0.3) is 0 Å². The fourth-order valence-electron chi connectivity index (χ4n) is 1.04. The van der Waals surface area contributed by atoms with Crippen LogP contribution in [0.15, 0.2) is 24.3 Å². The van der Waals surface area contributed by atoms with Crippen molar-refractivity contribution in [2.24, 2.45) is 0 Å². The molecule has 5 nitrogen and oxygen atoms in total. The van der Waals surface area contributed by atoms with Crippen molar-refractivity contribution in [1.82, 2.24) is 5.48 Å². The first kappa shape index (κ1) is 10.2. The molecule has 2 amide bonds. The summed E-state index contributed by atoms with van der Waals surface area (Å²) in [6.45, 7) is 1.34. The molecular weight excluding hydrogens is 184 g/mol. The molecule has 0 heterocycles. The third-order valence-electron chi connectivity index (χ3n) is 1.58. The lowest BCUT2D eigenvalue weighted by Crippen LogP contribution is -2.21. The highest BCUT2D eigenvalue weighted by Gasteiger charge is 2.09. The van der Waals surface area contributed by atoms with E-state index < -0.39 is 5.91 Å². The molecule has 0 bridgehead atoms. The van der Waals surface area contributed by atoms with E-state index in [9.17, 15) is 9.59 Å². The molecule has 0 atom stereocenters. The number of anilines is 1. The zero-order chi connectivity index (χ0) is 10.6. The first-order chi connectivity index (χ1) is 6.65. The fraction of sp³-hybridized carbons (Fsp3) is 0.111. The summed E-state index contributed by atoms with van der Waals surface area (Å²) in [4.78, 5) is 21.9. The highest BCUT2D eigenvalue weighted by molar-refractivity contribution is 6.02. The minimum absolute atomic E-state index is 0.213. The number of benzene rings is 1. The highest BCUT2D eigenvalue weighted by atomic mass is 16.5. The van der Waals surface area contributed by atoms with Crippen molar-refractivity contribution >= 4 is 17.5 Å². The maximum atomic E-state index is 11.1. The quantitative estimate of drug-likeness (QED) is 0.480. The highest BCUT2D eigenvalue weighted by Crippen LogP contribution is 2.14. The third kappa shape index (κ3) is 2.30. The fourth-order valence-corrected chi connectivity index (χ4v) is 1.04. The van der Waals surface area contributed by atoms with Crippen LogP contribution >= 0.6 is 0 Å². The van der Waals surface area contributed by atoms with E-state index in [4.69, 9.17) is 5.21 Å². The minimum atomic E-state index is -0.658. The molecule has 14 heavy (non-hydrogen) atoms. The minimum Gasteiger partial charge on any atom is -0.326 e. The van der Waals surface area contributed by atoms with Gasteiger partial charge >= 0.3 is 0 Å². The number of hydrogen-bond donors (Lipinski definition) is 3. The number of hydrogen-bond acceptors (Lipinski definition) is 3. The topological polar surface area (TPSA) is 78.4 Å². The zero-order valence-corrected chi connectivity index (χ0v) is 7.57. The van der Waals surface area contributed by atoms with Gasteiger partial charge < -0.3 is 5.32 Å². The van der Waals surface area contributed by atoms with Crippen LogP contribution in [0.1, 0.15) is 17.3 Å². The van der Waals surface area contributed by atoms with Crippen molar-refractivity contribution in [2.75, 3.05) is 5.32 Å². The standard InChI is InChI=1S/C9H10N2O3/c1-6(12)10-8-5-3-2-4-7(8)9(13)11-14/h2-5,14H,1H3,(H,10,12)(H,11,13). The molecule has 1 aromatic carbocycles. The number of nitrogens with one attached hydrogen (secondary N) is 2. The maximum absolute atomic E-state index is 11.1. The predicted octanol–water partition coefficient (Wildman–Crippen LogP) is 0.764. The van der Waals surface area contributed by atoms with Crippen LogP contribution in [0.5, 0.6) is 0 Å². The molecule has 1 rings (SSSR count). The van der Waals surface area contributed by atoms with Crippen LogP contribution in [0.3, 0.4) is 0 Å². The number of amides is 2. The van der Waals surface area contributed by atoms with Gasteiger partial charge in [-0.3, -0.25) is 14.8 Å². The smallest absolute Gasteiger partial charge is 0.276 e. The van der Waals surface area contributed by atoms with E-state index >= 15 is 0 Å². The molecule has 0 unspecified atom stereocenters. The Balaban J connectivity index is 3.02. The van der Waals surface area contributed by atoms with E-state index in [1.165, 1.54) is 18.5 Å². The van der Waals surface area contributed by atoms with Crippen molar-refractivity contribution in [3.8, 4) is 0 Å². The normalized spacial score (nSPS) is 9.29. The van der Waals surface area contributed by atoms with Gasteiger partial charge in [-0.05, 0) is 12.1 Å². The van der Waals surface area contributed by atoms with Crippen molar-refractivity contribution < 1.29 is 14.8 Å². The Hall–Kier alpha value is -1.88. The molecule has 1 aromatic rings. The van der Waals surface area contributed by atoms with Gasteiger partial charge in [0, 0.05) is 6.92 Å². The Morgan fingerprint density at radius 2 is 1.93 bits per heavy atom. The first-order valence-electron chi connectivity index (χ1n) is 3.96. The van der Waals surface area contributed by atoms with Crippen molar-refractivity contribution in [1.29, 1.82) is 0 Å². The average Bonchev–Trinajstić information content (AvgIpc) is 2.16. The Morgan fingerprint density at radius 1 is 1.29 bits per heavy atom. The first-order valence-corrected chi connectivity index (χ1v) is 3.96. The lowest BCUT2D eigenvalue weighted by molar-refractivity contribution is -0.114. The number of carbonyl (C=O) groups excluding carboxylic acids is 2. The van der Waals surface area contributed by atoms with E-state index in [1.54, 1.807) is 18.2 Å². The van der Waals surface area contributed by atoms with Crippen molar-refractivity contribution in [3.63, 3.8) is 0 Å². The van der Waals surface area contributed by atoms with Gasteiger partial charge in [0.1, 0.15) is 0 Å². The molecule has 0 fully saturated rings. The Kier molecular flexibility index (Phi) is 3.19. The van der Waals surface area contributed by atoms with E-state index in [0.29, 0.717) is 5.69 Å². The van der Waals surface area contributed by atoms with Crippen LogP contribution in [-0.2, 0) is 4.79 Å². The Morgan fingerprint density at radius 3 is 2.50 bits per heavy atom. The summed E-state index contributed by atoms with van der Waals surface area (Å²) in [6.07, 6.45) is 0. The molecule has 0 radical (unpaired) electrons. The van der Waals surface area contributed by atoms with Crippen LogP contribution in [0.2, 0.25) is 0 Å². The summed E-state index contributed by atoms with van der Waals surface area (Å²) < 4.78 is 0. The van der Waals surface area contributed by atoms with Crippen molar-refractivity contribution in [3.05, 3.63) is 29.8 Å². The second-order valence-corrected chi connectivity index (χ2v) is 2.67. The lowest BCUT2D eigenvalue weighted by atomic mass is 10.1. The van der Waals surface area contributed by atoms with Gasteiger partial charge in [-0.25, -0.2) is 5.48 Å². The molecular formula is C9H10N2O3. The van der Waals surface area contributed by atoms with E-state index in [-0.39, 0.29) is 11.5 Å². The molecule has 74 valence electrons. The molecule has 0 saturated heterocycles. The molecule has 0 aromatic heterocycles. The van der Waals surface area contributed by atoms with E-state index in [0.717, 1.165) is 0 Å². The lowest BCUT2D eigenvalue weighted by Gasteiger charge is -2.07. The number of para-hydroxylation sites is 1. The van der Waals surface area contributed by atoms with Crippen molar-refractivity contribution in [2.45, 2.75) is 6.92 Å². The SMILES string of the molecule is CC(=O)Nc1ccccc1C(=O)NO. The summed E-state index contributed by atoms with van der Waals surface area (Å²) in [5, 5.41) is 10.9. The summed E-state index contributed by atoms with van der Waals surface area (Å²) in [6, 6.07) is 6.39. The number of rotatable bonds is 2. The van der Waals surface area contributed by atoms with Gasteiger partial charge in [0.05, 0.1) is 11.3 Å². The van der Waals surface area contributed by atoms with Crippen LogP contribution in [-0.4, -0.2) is 17.0 Å². The molecule has 0 spiro atoms. The van der Waals surface area contributed by atoms with Crippen LogP contribution < -0.4 is 10.8 Å². The largest absolute Gasteiger partial charge is 0.326 e. The van der Waals surface area contributed by atoms with Gasteiger partial charge in [-0.2, -0.15) is 0 Å². The Labute approximate surface area is 80.7 Å². The molecule has 0 aliphatic heterocycles. The summed E-state index contributed by atoms with van der Waals surface area (Å²) in [5.41, 5.74) is 2.08. The molecule has 3 N–H and O–H groups in total. The predicted molar refractivity (Wildman–Crippen MR) is 50.0 cm³/mol. The van der Waals surface area contributed by atoms with Gasteiger partial charge in [0.2, 0.25) is 5.91 Å². The van der Waals surface area contributed by atoms with Crippen LogP contribution in [0, 0.1) is 0 Å². The van der Waals surface area contributed by atoms with Gasteiger partial charge in [0.15, 0.2) is 0 Å². The average molecular weight is 194 g/mol. The van der Waals surface area contributed by atoms with Crippen LogP contribution in [0.4, 0.5) is 5.69 Å². The maximum Gasteiger partial charge on any atom is 0.276 e.